The number of halogens is 1. The molecule has 0 fully saturated rings. The molecule has 0 spiro atoms. The van der Waals surface area contributed by atoms with Crippen LogP contribution < -0.4 is 0 Å². The van der Waals surface area contributed by atoms with Crippen LogP contribution >= 0.6 is 22.6 Å². The van der Waals surface area contributed by atoms with Gasteiger partial charge in [0, 0.05) is 6.20 Å². The number of pyridine rings is 1. The van der Waals surface area contributed by atoms with Crippen LogP contribution in [0, 0.1) is 3.70 Å². The van der Waals surface area contributed by atoms with Gasteiger partial charge in [0.15, 0.2) is 6.29 Å². The van der Waals surface area contributed by atoms with E-state index in [0.717, 1.165) is 15.6 Å². The van der Waals surface area contributed by atoms with E-state index < -0.39 is 0 Å². The van der Waals surface area contributed by atoms with Gasteiger partial charge >= 0.3 is 0 Å². The van der Waals surface area contributed by atoms with Gasteiger partial charge in [-0.15, -0.1) is 0 Å². The summed E-state index contributed by atoms with van der Waals surface area (Å²) >= 11 is 2.19. The molecule has 0 saturated heterocycles. The van der Waals surface area contributed by atoms with Gasteiger partial charge in [0.05, 0.1) is 3.70 Å². The van der Waals surface area contributed by atoms with Crippen molar-refractivity contribution in [3.8, 4) is 0 Å². The number of rotatable bonds is 1. The Morgan fingerprint density at radius 2 is 2.33 bits per heavy atom. The second kappa shape index (κ2) is 2.85. The lowest BCUT2D eigenvalue weighted by Gasteiger charge is -1.93. The van der Waals surface area contributed by atoms with Crippen molar-refractivity contribution in [1.82, 2.24) is 9.38 Å². The zero-order valence-electron chi connectivity index (χ0n) is 6.07. The highest BCUT2D eigenvalue weighted by atomic mass is 127. The number of imidazole rings is 1. The number of carbonyl (C=O) groups is 1. The van der Waals surface area contributed by atoms with Gasteiger partial charge in [-0.25, -0.2) is 4.98 Å². The standard InChI is InChI=1S/C8H5IN2O/c9-7-2-1-3-8-10-6(5-12)4-11(7)8/h1-5H. The van der Waals surface area contributed by atoms with E-state index in [9.17, 15) is 4.79 Å². The van der Waals surface area contributed by atoms with E-state index in [1.165, 1.54) is 0 Å². The average molecular weight is 272 g/mol. The van der Waals surface area contributed by atoms with Crippen molar-refractivity contribution in [2.24, 2.45) is 0 Å². The first-order valence-electron chi connectivity index (χ1n) is 3.40. The van der Waals surface area contributed by atoms with Crippen LogP contribution in [0.5, 0.6) is 0 Å². The number of nitrogens with zero attached hydrogens (tertiary/aromatic N) is 2. The molecular formula is C8H5IN2O. The molecule has 2 heterocycles. The maximum absolute atomic E-state index is 10.4. The molecule has 0 aliphatic carbocycles. The third-order valence-corrected chi connectivity index (χ3v) is 2.46. The molecule has 0 atom stereocenters. The monoisotopic (exact) mass is 272 g/mol. The fourth-order valence-corrected chi connectivity index (χ4v) is 1.65. The lowest BCUT2D eigenvalue weighted by Crippen LogP contribution is -1.86. The Morgan fingerprint density at radius 3 is 3.00 bits per heavy atom. The third-order valence-electron chi connectivity index (χ3n) is 1.58. The number of aldehydes is 1. The Bertz CT molecular complexity index is 436. The summed E-state index contributed by atoms with van der Waals surface area (Å²) in [4.78, 5) is 14.5. The van der Waals surface area contributed by atoms with E-state index in [1.54, 1.807) is 6.20 Å². The second-order valence-electron chi connectivity index (χ2n) is 2.36. The molecular weight excluding hydrogens is 267 g/mol. The fourth-order valence-electron chi connectivity index (χ4n) is 1.05. The number of fused-ring (bicyclic) bond motifs is 1. The molecule has 0 radical (unpaired) electrons. The summed E-state index contributed by atoms with van der Waals surface area (Å²) < 4.78 is 2.93. The molecule has 0 saturated carbocycles. The fraction of sp³-hybridized carbons (Fsp3) is 0. The highest BCUT2D eigenvalue weighted by Crippen LogP contribution is 2.09. The first kappa shape index (κ1) is 7.72. The van der Waals surface area contributed by atoms with Crippen molar-refractivity contribution in [3.05, 3.63) is 33.8 Å². The van der Waals surface area contributed by atoms with Gasteiger partial charge in [-0.1, -0.05) is 6.07 Å². The van der Waals surface area contributed by atoms with E-state index in [-0.39, 0.29) is 0 Å². The van der Waals surface area contributed by atoms with Gasteiger partial charge in [0.2, 0.25) is 0 Å². The Kier molecular flexibility index (Phi) is 1.84. The molecule has 60 valence electrons. The summed E-state index contributed by atoms with van der Waals surface area (Å²) in [6.07, 6.45) is 2.48. The minimum absolute atomic E-state index is 0.471. The topological polar surface area (TPSA) is 34.4 Å². The third kappa shape index (κ3) is 1.12. The predicted octanol–water partition coefficient (Wildman–Crippen LogP) is 1.75. The maximum atomic E-state index is 10.4. The predicted molar refractivity (Wildman–Crippen MR) is 53.3 cm³/mol. The summed E-state index contributed by atoms with van der Waals surface area (Å²) in [7, 11) is 0. The van der Waals surface area contributed by atoms with Crippen LogP contribution in [0.25, 0.3) is 5.65 Å². The summed E-state index contributed by atoms with van der Waals surface area (Å²) in [6.45, 7) is 0. The summed E-state index contributed by atoms with van der Waals surface area (Å²) in [5, 5.41) is 0. The molecule has 0 aromatic carbocycles. The molecule has 0 aliphatic heterocycles. The lowest BCUT2D eigenvalue weighted by molar-refractivity contribution is 0.111. The number of hydrogen-bond acceptors (Lipinski definition) is 2. The summed E-state index contributed by atoms with van der Waals surface area (Å²) in [5.74, 6) is 0. The number of carbonyl (C=O) groups excluding carboxylic acids is 1. The van der Waals surface area contributed by atoms with E-state index in [0.29, 0.717) is 5.69 Å². The van der Waals surface area contributed by atoms with E-state index in [1.807, 2.05) is 22.6 Å². The smallest absolute Gasteiger partial charge is 0.170 e. The zero-order chi connectivity index (χ0) is 8.55. The molecule has 3 nitrogen and oxygen atoms in total. The van der Waals surface area contributed by atoms with E-state index in [4.69, 9.17) is 0 Å². The van der Waals surface area contributed by atoms with Crippen molar-refractivity contribution >= 4 is 34.5 Å². The normalized spacial score (nSPS) is 10.4. The van der Waals surface area contributed by atoms with Gasteiger partial charge in [-0.3, -0.25) is 9.20 Å². The first-order valence-corrected chi connectivity index (χ1v) is 4.48. The Morgan fingerprint density at radius 1 is 1.50 bits per heavy atom. The van der Waals surface area contributed by atoms with Crippen LogP contribution in [0.1, 0.15) is 10.5 Å². The molecule has 0 bridgehead atoms. The van der Waals surface area contributed by atoms with Gasteiger partial charge in [0.1, 0.15) is 11.3 Å². The van der Waals surface area contributed by atoms with Crippen molar-refractivity contribution in [2.75, 3.05) is 0 Å². The van der Waals surface area contributed by atoms with Gasteiger partial charge in [0.25, 0.3) is 0 Å². The maximum Gasteiger partial charge on any atom is 0.170 e. The van der Waals surface area contributed by atoms with Crippen LogP contribution in [-0.4, -0.2) is 15.7 Å². The van der Waals surface area contributed by atoms with E-state index in [2.05, 4.69) is 27.6 Å². The SMILES string of the molecule is O=Cc1cn2c(I)cccc2n1. The van der Waals surface area contributed by atoms with Crippen molar-refractivity contribution in [3.63, 3.8) is 0 Å². The van der Waals surface area contributed by atoms with E-state index >= 15 is 0 Å². The molecule has 0 aliphatic rings. The first-order chi connectivity index (χ1) is 5.81. The van der Waals surface area contributed by atoms with Crippen LogP contribution in [-0.2, 0) is 0 Å². The summed E-state index contributed by atoms with van der Waals surface area (Å²) in [6, 6.07) is 5.75. The highest BCUT2D eigenvalue weighted by Gasteiger charge is 2.00. The van der Waals surface area contributed by atoms with Crippen molar-refractivity contribution in [1.29, 1.82) is 0 Å². The molecule has 2 aromatic rings. The zero-order valence-corrected chi connectivity index (χ0v) is 8.22. The quantitative estimate of drug-likeness (QED) is 0.450. The Balaban J connectivity index is 2.82. The minimum Gasteiger partial charge on any atom is -0.296 e. The Labute approximate surface area is 82.6 Å². The van der Waals surface area contributed by atoms with Gasteiger partial charge in [-0.05, 0) is 34.7 Å². The van der Waals surface area contributed by atoms with Crippen LogP contribution in [0.15, 0.2) is 24.4 Å². The van der Waals surface area contributed by atoms with Crippen molar-refractivity contribution < 1.29 is 4.79 Å². The van der Waals surface area contributed by atoms with Crippen LogP contribution in [0.2, 0.25) is 0 Å². The highest BCUT2D eigenvalue weighted by molar-refractivity contribution is 14.1. The van der Waals surface area contributed by atoms with Crippen molar-refractivity contribution in [2.45, 2.75) is 0 Å². The van der Waals surface area contributed by atoms with Gasteiger partial charge in [-0.2, -0.15) is 0 Å². The molecule has 0 N–H and O–H groups in total. The van der Waals surface area contributed by atoms with Crippen LogP contribution in [0.4, 0.5) is 0 Å². The Hall–Kier alpha value is -0.910. The minimum atomic E-state index is 0.471. The molecule has 0 amide bonds. The van der Waals surface area contributed by atoms with Gasteiger partial charge < -0.3 is 0 Å². The average Bonchev–Trinajstić information content (AvgIpc) is 2.49. The lowest BCUT2D eigenvalue weighted by atomic mass is 10.5. The molecule has 0 unspecified atom stereocenters. The number of aromatic nitrogens is 2. The number of hydrogen-bond donors (Lipinski definition) is 0. The molecule has 12 heavy (non-hydrogen) atoms. The van der Waals surface area contributed by atoms with Crippen LogP contribution in [0.3, 0.4) is 0 Å². The largest absolute Gasteiger partial charge is 0.296 e. The molecule has 4 heteroatoms. The second-order valence-corrected chi connectivity index (χ2v) is 3.47. The molecule has 2 rings (SSSR count). The summed E-state index contributed by atoms with van der Waals surface area (Å²) in [5.41, 5.74) is 1.28. The molecule has 2 aromatic heterocycles.